The number of amides is 1. The Bertz CT molecular complexity index is 1020. The molecule has 1 amide bonds. The number of carbonyl (C=O) groups is 1. The third-order valence-electron chi connectivity index (χ3n) is 8.02. The predicted molar refractivity (Wildman–Crippen MR) is 135 cm³/mol. The number of fused-ring (bicyclic) bond motifs is 2. The number of rotatable bonds is 5. The summed E-state index contributed by atoms with van der Waals surface area (Å²) in [5.41, 5.74) is 5.25. The fourth-order valence-electron chi connectivity index (χ4n) is 6.40. The van der Waals surface area contributed by atoms with Gasteiger partial charge in [-0.2, -0.15) is 0 Å². The van der Waals surface area contributed by atoms with Gasteiger partial charge in [-0.25, -0.2) is 0 Å². The minimum atomic E-state index is -0.00877. The second kappa shape index (κ2) is 8.86. The normalized spacial score (nSPS) is 30.5. The van der Waals surface area contributed by atoms with Crippen LogP contribution in [0.5, 0.6) is 0 Å². The zero-order valence-electron chi connectivity index (χ0n) is 20.2. The van der Waals surface area contributed by atoms with E-state index in [-0.39, 0.29) is 5.91 Å². The van der Waals surface area contributed by atoms with Crippen LogP contribution in [0, 0.1) is 23.7 Å². The first kappa shape index (κ1) is 22.0. The highest BCUT2D eigenvalue weighted by molar-refractivity contribution is 5.91. The number of allylic oxidation sites excluding steroid dienone is 4. The minimum absolute atomic E-state index is 0.00877. The van der Waals surface area contributed by atoms with Crippen LogP contribution in [0.1, 0.15) is 18.4 Å². The van der Waals surface area contributed by atoms with Crippen LogP contribution in [0.4, 0.5) is 5.69 Å². The van der Waals surface area contributed by atoms with Gasteiger partial charge in [0.05, 0.1) is 0 Å². The fraction of sp³-hybridized carbons (Fsp3) is 0.464. The van der Waals surface area contributed by atoms with E-state index >= 15 is 0 Å². The van der Waals surface area contributed by atoms with Gasteiger partial charge in [0, 0.05) is 69.9 Å². The van der Waals surface area contributed by atoms with Gasteiger partial charge in [-0.1, -0.05) is 24.3 Å². The molecule has 4 aliphatic rings. The molecule has 2 fully saturated rings. The molecule has 2 aliphatic heterocycles. The number of piperidine rings is 1. The lowest BCUT2D eigenvalue weighted by atomic mass is 9.61. The van der Waals surface area contributed by atoms with Crippen LogP contribution in [0.25, 0.3) is 6.08 Å². The molecule has 33 heavy (non-hydrogen) atoms. The quantitative estimate of drug-likeness (QED) is 0.703. The number of nitrogens with zero attached hydrogens (tertiary/aromatic N) is 3. The molecule has 0 aromatic heterocycles. The topological polar surface area (TPSA) is 38.8 Å². The van der Waals surface area contributed by atoms with Crippen molar-refractivity contribution in [3.05, 3.63) is 71.6 Å². The minimum Gasteiger partial charge on any atom is -0.378 e. The monoisotopic (exact) mass is 444 g/mol. The van der Waals surface area contributed by atoms with Gasteiger partial charge in [0.1, 0.15) is 0 Å². The lowest BCUT2D eigenvalue weighted by Crippen LogP contribution is -2.54. The Hall–Kier alpha value is -2.79. The Morgan fingerprint density at radius 2 is 2.00 bits per heavy atom. The van der Waals surface area contributed by atoms with Gasteiger partial charge in [-0.15, -0.1) is 0 Å². The van der Waals surface area contributed by atoms with Crippen LogP contribution < -0.4 is 10.2 Å². The highest BCUT2D eigenvalue weighted by Gasteiger charge is 2.49. The number of carbonyl (C=O) groups excluding carboxylic acids is 1. The Balaban J connectivity index is 1.19. The van der Waals surface area contributed by atoms with Crippen LogP contribution in [0.15, 0.2) is 66.0 Å². The molecule has 0 radical (unpaired) electrons. The number of hydrogen-bond donors (Lipinski definition) is 1. The van der Waals surface area contributed by atoms with Gasteiger partial charge in [-0.3, -0.25) is 4.79 Å². The van der Waals surface area contributed by atoms with Crippen molar-refractivity contribution in [2.75, 3.05) is 46.2 Å². The molecule has 1 N–H and O–H groups in total. The average Bonchev–Trinajstić information content (AvgIpc) is 3.14. The lowest BCUT2D eigenvalue weighted by Gasteiger charge is -2.51. The first-order valence-corrected chi connectivity index (χ1v) is 12.2. The van der Waals surface area contributed by atoms with Crippen molar-refractivity contribution in [2.45, 2.75) is 18.9 Å². The molecule has 0 bridgehead atoms. The summed E-state index contributed by atoms with van der Waals surface area (Å²) in [5.74, 6) is 2.26. The predicted octanol–water partition coefficient (Wildman–Crippen LogP) is 3.74. The van der Waals surface area contributed by atoms with Gasteiger partial charge < -0.3 is 20.0 Å². The zero-order valence-corrected chi connectivity index (χ0v) is 20.2. The van der Waals surface area contributed by atoms with Crippen molar-refractivity contribution in [3.8, 4) is 0 Å². The third-order valence-corrected chi connectivity index (χ3v) is 8.02. The number of likely N-dealkylation sites (tertiary alicyclic amines) is 1. The maximum atomic E-state index is 12.5. The molecule has 5 heteroatoms. The van der Waals surface area contributed by atoms with Gasteiger partial charge in [0.2, 0.25) is 5.91 Å². The van der Waals surface area contributed by atoms with E-state index < -0.39 is 0 Å². The Morgan fingerprint density at radius 3 is 2.76 bits per heavy atom. The Morgan fingerprint density at radius 1 is 1.21 bits per heavy atom. The van der Waals surface area contributed by atoms with Crippen molar-refractivity contribution in [2.24, 2.45) is 23.7 Å². The van der Waals surface area contributed by atoms with Crippen LogP contribution in [-0.4, -0.2) is 63.0 Å². The molecule has 5 atom stereocenters. The summed E-state index contributed by atoms with van der Waals surface area (Å²) in [6, 6.07) is 8.83. The molecule has 1 saturated heterocycles. The zero-order chi connectivity index (χ0) is 23.1. The molecule has 1 aromatic carbocycles. The second-order valence-electron chi connectivity index (χ2n) is 10.4. The summed E-state index contributed by atoms with van der Waals surface area (Å²) in [7, 11) is 8.51. The van der Waals surface area contributed by atoms with Crippen molar-refractivity contribution in [1.82, 2.24) is 15.1 Å². The van der Waals surface area contributed by atoms with E-state index in [0.717, 1.165) is 24.3 Å². The van der Waals surface area contributed by atoms with Crippen LogP contribution in [0.2, 0.25) is 0 Å². The summed E-state index contributed by atoms with van der Waals surface area (Å²) < 4.78 is 0. The second-order valence-corrected chi connectivity index (χ2v) is 10.4. The van der Waals surface area contributed by atoms with Gasteiger partial charge in [0.15, 0.2) is 0 Å². The SMILES string of the molecule is CN1C=C2C[C@@H]3[C@H](C[C@@H](CNC(=O)/C=C/c4ccc(N(C)C)cc4)CN3C)C3C=CC=C1C23. The number of nitrogens with one attached hydrogen (secondary N) is 1. The van der Waals surface area contributed by atoms with E-state index in [1.807, 2.05) is 32.3 Å². The maximum Gasteiger partial charge on any atom is 0.244 e. The van der Waals surface area contributed by atoms with E-state index in [2.05, 4.69) is 70.7 Å². The van der Waals surface area contributed by atoms with Crippen molar-refractivity contribution < 1.29 is 4.79 Å². The van der Waals surface area contributed by atoms with Crippen LogP contribution in [0.3, 0.4) is 0 Å². The van der Waals surface area contributed by atoms with Crippen molar-refractivity contribution in [1.29, 1.82) is 0 Å². The number of anilines is 1. The Labute approximate surface area is 198 Å². The number of benzene rings is 1. The van der Waals surface area contributed by atoms with E-state index in [1.165, 1.54) is 18.5 Å². The molecule has 0 spiro atoms. The molecule has 5 rings (SSSR count). The van der Waals surface area contributed by atoms with E-state index in [9.17, 15) is 4.79 Å². The molecule has 2 unspecified atom stereocenters. The molecule has 5 nitrogen and oxygen atoms in total. The fourth-order valence-corrected chi connectivity index (χ4v) is 6.40. The molecule has 1 aromatic rings. The van der Waals surface area contributed by atoms with Gasteiger partial charge in [0.25, 0.3) is 0 Å². The van der Waals surface area contributed by atoms with E-state index in [4.69, 9.17) is 0 Å². The highest BCUT2D eigenvalue weighted by atomic mass is 16.1. The molecule has 2 aliphatic carbocycles. The standard InChI is InChI=1S/C28H36N4O/c1-30(2)22-11-8-19(9-12-22)10-13-27(33)29-16-20-14-24-23-6-5-7-25-28(23)21(18-32(25)4)15-26(24)31(3)17-20/h5-13,18,20,23-24,26,28H,14-17H2,1-4H3,(H,29,33)/b13-10+/t20-,23?,24+,26+,28?/m0/s1. The van der Waals surface area contributed by atoms with Crippen LogP contribution >= 0.6 is 0 Å². The van der Waals surface area contributed by atoms with E-state index in [0.29, 0.717) is 29.7 Å². The third kappa shape index (κ3) is 4.26. The summed E-state index contributed by atoms with van der Waals surface area (Å²) in [5, 5.41) is 3.17. The van der Waals surface area contributed by atoms with Crippen molar-refractivity contribution in [3.63, 3.8) is 0 Å². The Kier molecular flexibility index (Phi) is 5.92. The lowest BCUT2D eigenvalue weighted by molar-refractivity contribution is -0.116. The highest BCUT2D eigenvalue weighted by Crippen LogP contribution is 2.52. The molecular formula is C28H36N4O. The maximum absolute atomic E-state index is 12.5. The molecule has 1 saturated carbocycles. The van der Waals surface area contributed by atoms with E-state index in [1.54, 1.807) is 11.6 Å². The molecule has 2 heterocycles. The van der Waals surface area contributed by atoms with Gasteiger partial charge >= 0.3 is 0 Å². The molecular weight excluding hydrogens is 408 g/mol. The van der Waals surface area contributed by atoms with Gasteiger partial charge in [-0.05, 0) is 73.1 Å². The first-order valence-electron chi connectivity index (χ1n) is 12.2. The summed E-state index contributed by atoms with van der Waals surface area (Å²) in [6.45, 7) is 1.78. The molecule has 174 valence electrons. The summed E-state index contributed by atoms with van der Waals surface area (Å²) >= 11 is 0. The van der Waals surface area contributed by atoms with Crippen molar-refractivity contribution >= 4 is 17.7 Å². The first-order chi connectivity index (χ1) is 15.9. The summed E-state index contributed by atoms with van der Waals surface area (Å²) in [6.07, 6.45) is 15.3. The average molecular weight is 445 g/mol. The summed E-state index contributed by atoms with van der Waals surface area (Å²) in [4.78, 5) is 19.5. The number of hydrogen-bond acceptors (Lipinski definition) is 4. The largest absolute Gasteiger partial charge is 0.378 e. The van der Waals surface area contributed by atoms with Crippen LogP contribution in [-0.2, 0) is 4.79 Å². The smallest absolute Gasteiger partial charge is 0.244 e.